The fourth-order valence-corrected chi connectivity index (χ4v) is 2.76. The number of nitrogens with one attached hydrogen (secondary N) is 2. The zero-order chi connectivity index (χ0) is 20.0. The summed E-state index contributed by atoms with van der Waals surface area (Å²) < 4.78 is 11.6. The maximum Gasteiger partial charge on any atom is 0.121 e. The average molecular weight is 385 g/mol. The number of anilines is 2. The maximum atomic E-state index is 5.78. The Hall–Kier alpha value is -2.36. The first kappa shape index (κ1) is 21.9. The Morgan fingerprint density at radius 1 is 0.786 bits per heavy atom. The predicted octanol–water partition coefficient (Wildman–Crippen LogP) is 6.20. The van der Waals surface area contributed by atoms with Gasteiger partial charge in [-0.15, -0.1) is 0 Å². The molecule has 0 fully saturated rings. The number of ether oxygens (including phenoxy) is 2. The summed E-state index contributed by atoms with van der Waals surface area (Å²) in [6.45, 7) is 9.75. The van der Waals surface area contributed by atoms with E-state index in [2.05, 4.69) is 55.7 Å². The van der Waals surface area contributed by atoms with Gasteiger partial charge in [0, 0.05) is 30.5 Å². The smallest absolute Gasteiger partial charge is 0.121 e. The molecule has 4 nitrogen and oxygen atoms in total. The summed E-state index contributed by atoms with van der Waals surface area (Å²) in [4.78, 5) is 0. The molecule has 0 aliphatic carbocycles. The molecule has 28 heavy (non-hydrogen) atoms. The molecule has 0 amide bonds. The number of unbranched alkanes of at least 4 members (excludes halogenated alkanes) is 3. The van der Waals surface area contributed by atoms with Crippen molar-refractivity contribution in [2.45, 2.75) is 46.5 Å². The standard InChI is InChI=1S/C24H36N2O2/c1-4-5-6-7-17-27-23-13-11-21(12-14-23)25-15-16-26-22-9-8-10-24(18-22)28-19-20(2)3/h8-14,18,20,25-26H,4-7,15-17,19H2,1-3H3. The minimum Gasteiger partial charge on any atom is -0.494 e. The number of hydrogen-bond donors (Lipinski definition) is 2. The normalized spacial score (nSPS) is 10.7. The van der Waals surface area contributed by atoms with Gasteiger partial charge in [-0.25, -0.2) is 0 Å². The lowest BCUT2D eigenvalue weighted by atomic mass is 10.2. The van der Waals surface area contributed by atoms with Crippen molar-refractivity contribution in [3.63, 3.8) is 0 Å². The highest BCUT2D eigenvalue weighted by Gasteiger charge is 2.00. The van der Waals surface area contributed by atoms with E-state index in [1.807, 2.05) is 24.3 Å². The van der Waals surface area contributed by atoms with Gasteiger partial charge in [0.1, 0.15) is 11.5 Å². The lowest BCUT2D eigenvalue weighted by molar-refractivity contribution is 0.271. The third-order valence-corrected chi connectivity index (χ3v) is 4.32. The molecular weight excluding hydrogens is 348 g/mol. The molecule has 2 rings (SSSR count). The van der Waals surface area contributed by atoms with Crippen LogP contribution in [0.2, 0.25) is 0 Å². The van der Waals surface area contributed by atoms with E-state index in [0.29, 0.717) is 5.92 Å². The molecule has 4 heteroatoms. The van der Waals surface area contributed by atoms with Crippen molar-refractivity contribution in [1.82, 2.24) is 0 Å². The maximum absolute atomic E-state index is 5.78. The van der Waals surface area contributed by atoms with E-state index >= 15 is 0 Å². The molecule has 0 saturated carbocycles. The van der Waals surface area contributed by atoms with Crippen LogP contribution in [0.1, 0.15) is 46.5 Å². The molecule has 0 spiro atoms. The highest BCUT2D eigenvalue weighted by atomic mass is 16.5. The first-order valence-electron chi connectivity index (χ1n) is 10.6. The molecule has 2 N–H and O–H groups in total. The molecule has 0 atom stereocenters. The second-order valence-electron chi connectivity index (χ2n) is 7.52. The van der Waals surface area contributed by atoms with Crippen LogP contribution in [0.4, 0.5) is 11.4 Å². The lowest BCUT2D eigenvalue weighted by Crippen LogP contribution is -2.13. The van der Waals surface area contributed by atoms with Crippen LogP contribution in [0.25, 0.3) is 0 Å². The monoisotopic (exact) mass is 384 g/mol. The fraction of sp³-hybridized carbons (Fsp3) is 0.500. The van der Waals surface area contributed by atoms with Crippen LogP contribution in [0.5, 0.6) is 11.5 Å². The SMILES string of the molecule is CCCCCCOc1ccc(NCCNc2cccc(OCC(C)C)c2)cc1. The summed E-state index contributed by atoms with van der Waals surface area (Å²) in [5.41, 5.74) is 2.18. The van der Waals surface area contributed by atoms with Gasteiger partial charge in [-0.1, -0.05) is 46.1 Å². The predicted molar refractivity (Wildman–Crippen MR) is 120 cm³/mol. The van der Waals surface area contributed by atoms with Gasteiger partial charge in [-0.05, 0) is 48.7 Å². The molecule has 0 aromatic heterocycles. The second-order valence-corrected chi connectivity index (χ2v) is 7.52. The zero-order valence-electron chi connectivity index (χ0n) is 17.7. The fourth-order valence-electron chi connectivity index (χ4n) is 2.76. The molecule has 0 aliphatic heterocycles. The Bertz CT molecular complexity index is 656. The molecule has 0 radical (unpaired) electrons. The molecule has 2 aromatic rings. The Morgan fingerprint density at radius 3 is 2.25 bits per heavy atom. The minimum atomic E-state index is 0.527. The van der Waals surface area contributed by atoms with Crippen LogP contribution in [0, 0.1) is 5.92 Å². The van der Waals surface area contributed by atoms with E-state index in [0.717, 1.165) is 55.6 Å². The third-order valence-electron chi connectivity index (χ3n) is 4.32. The highest BCUT2D eigenvalue weighted by molar-refractivity contribution is 5.49. The minimum absolute atomic E-state index is 0.527. The van der Waals surface area contributed by atoms with Crippen molar-refractivity contribution in [2.24, 2.45) is 5.92 Å². The van der Waals surface area contributed by atoms with Gasteiger partial charge in [0.15, 0.2) is 0 Å². The Balaban J connectivity index is 1.64. The summed E-state index contributed by atoms with van der Waals surface area (Å²) >= 11 is 0. The van der Waals surface area contributed by atoms with Gasteiger partial charge in [-0.3, -0.25) is 0 Å². The van der Waals surface area contributed by atoms with Gasteiger partial charge in [0.25, 0.3) is 0 Å². The van der Waals surface area contributed by atoms with Gasteiger partial charge >= 0.3 is 0 Å². The van der Waals surface area contributed by atoms with Gasteiger partial charge in [0.05, 0.1) is 13.2 Å². The summed E-state index contributed by atoms with van der Waals surface area (Å²) in [7, 11) is 0. The number of rotatable bonds is 14. The van der Waals surface area contributed by atoms with Crippen molar-refractivity contribution in [3.05, 3.63) is 48.5 Å². The van der Waals surface area contributed by atoms with Crippen LogP contribution >= 0.6 is 0 Å². The van der Waals surface area contributed by atoms with Gasteiger partial charge in [0.2, 0.25) is 0 Å². The van der Waals surface area contributed by atoms with E-state index < -0.39 is 0 Å². The summed E-state index contributed by atoms with van der Waals surface area (Å²) in [6.07, 6.45) is 4.92. The Morgan fingerprint density at radius 2 is 1.54 bits per heavy atom. The highest BCUT2D eigenvalue weighted by Crippen LogP contribution is 2.18. The molecule has 0 aliphatic rings. The average Bonchev–Trinajstić information content (AvgIpc) is 2.71. The number of hydrogen-bond acceptors (Lipinski definition) is 4. The van der Waals surface area contributed by atoms with Crippen molar-refractivity contribution in [2.75, 3.05) is 36.9 Å². The molecule has 0 heterocycles. The summed E-state index contributed by atoms with van der Waals surface area (Å²) in [5.74, 6) is 2.38. The van der Waals surface area contributed by atoms with E-state index in [-0.39, 0.29) is 0 Å². The van der Waals surface area contributed by atoms with Crippen LogP contribution < -0.4 is 20.1 Å². The molecule has 0 bridgehead atoms. The molecule has 154 valence electrons. The van der Waals surface area contributed by atoms with Crippen LogP contribution in [0.15, 0.2) is 48.5 Å². The molecule has 2 aromatic carbocycles. The summed E-state index contributed by atoms with van der Waals surface area (Å²) in [5, 5.41) is 6.86. The molecule has 0 saturated heterocycles. The molecular formula is C24H36N2O2. The Labute approximate surface area is 170 Å². The van der Waals surface area contributed by atoms with Crippen molar-refractivity contribution in [1.29, 1.82) is 0 Å². The zero-order valence-corrected chi connectivity index (χ0v) is 17.7. The van der Waals surface area contributed by atoms with Crippen molar-refractivity contribution in [3.8, 4) is 11.5 Å². The van der Waals surface area contributed by atoms with E-state index in [1.54, 1.807) is 0 Å². The van der Waals surface area contributed by atoms with E-state index in [4.69, 9.17) is 9.47 Å². The molecule has 0 unspecified atom stereocenters. The van der Waals surface area contributed by atoms with E-state index in [1.165, 1.54) is 19.3 Å². The van der Waals surface area contributed by atoms with Crippen molar-refractivity contribution >= 4 is 11.4 Å². The lowest BCUT2D eigenvalue weighted by Gasteiger charge is -2.12. The second kappa shape index (κ2) is 12.9. The van der Waals surface area contributed by atoms with Crippen LogP contribution in [-0.4, -0.2) is 26.3 Å². The van der Waals surface area contributed by atoms with Gasteiger partial charge in [-0.2, -0.15) is 0 Å². The van der Waals surface area contributed by atoms with Gasteiger partial charge < -0.3 is 20.1 Å². The largest absolute Gasteiger partial charge is 0.494 e. The Kier molecular flexibility index (Phi) is 10.1. The summed E-state index contributed by atoms with van der Waals surface area (Å²) in [6, 6.07) is 16.3. The van der Waals surface area contributed by atoms with Crippen LogP contribution in [0.3, 0.4) is 0 Å². The van der Waals surface area contributed by atoms with Crippen molar-refractivity contribution < 1.29 is 9.47 Å². The quantitative estimate of drug-likeness (QED) is 0.380. The van der Waals surface area contributed by atoms with Crippen LogP contribution in [-0.2, 0) is 0 Å². The van der Waals surface area contributed by atoms with E-state index in [9.17, 15) is 0 Å². The number of benzene rings is 2. The topological polar surface area (TPSA) is 42.5 Å². The first-order valence-corrected chi connectivity index (χ1v) is 10.6. The third kappa shape index (κ3) is 9.03. The first-order chi connectivity index (χ1) is 13.7.